The SMILES string of the molecule is O=C(C(Sc1ccccc1)c1ccccc1)N1CCC(O)(C(F)(F)F)C1. The molecule has 1 fully saturated rings. The third-order valence-corrected chi connectivity index (χ3v) is 5.66. The summed E-state index contributed by atoms with van der Waals surface area (Å²) in [6.07, 6.45) is -5.25. The van der Waals surface area contributed by atoms with Gasteiger partial charge in [-0.25, -0.2) is 0 Å². The van der Waals surface area contributed by atoms with Gasteiger partial charge < -0.3 is 10.0 Å². The highest BCUT2D eigenvalue weighted by Crippen LogP contribution is 2.41. The maximum atomic E-state index is 13.1. The Balaban J connectivity index is 1.84. The maximum absolute atomic E-state index is 13.1. The Morgan fingerprint density at radius 3 is 2.19 bits per heavy atom. The van der Waals surface area contributed by atoms with E-state index in [0.717, 1.165) is 9.80 Å². The number of alkyl halides is 3. The number of thioether (sulfide) groups is 1. The summed E-state index contributed by atoms with van der Waals surface area (Å²) in [5.41, 5.74) is -2.12. The normalized spacial score (nSPS) is 21.6. The van der Waals surface area contributed by atoms with Crippen LogP contribution in [0, 0.1) is 0 Å². The van der Waals surface area contributed by atoms with Crippen molar-refractivity contribution in [3.63, 3.8) is 0 Å². The highest BCUT2D eigenvalue weighted by molar-refractivity contribution is 8.00. The van der Waals surface area contributed by atoms with E-state index >= 15 is 0 Å². The van der Waals surface area contributed by atoms with Crippen molar-refractivity contribution in [3.8, 4) is 0 Å². The van der Waals surface area contributed by atoms with Crippen LogP contribution in [0.3, 0.4) is 0 Å². The van der Waals surface area contributed by atoms with E-state index in [4.69, 9.17) is 0 Å². The molecule has 1 aliphatic heterocycles. The van der Waals surface area contributed by atoms with Crippen molar-refractivity contribution in [1.82, 2.24) is 4.90 Å². The number of β-amino-alcohol motifs (C(OH)–C–C–N with tert-alkyl or cyclic N) is 1. The molecule has 3 nitrogen and oxygen atoms in total. The monoisotopic (exact) mass is 381 g/mol. The van der Waals surface area contributed by atoms with Gasteiger partial charge in [0.1, 0.15) is 5.25 Å². The molecule has 0 aliphatic carbocycles. The van der Waals surface area contributed by atoms with Gasteiger partial charge in [-0.05, 0) is 17.7 Å². The molecule has 26 heavy (non-hydrogen) atoms. The Morgan fingerprint density at radius 2 is 1.65 bits per heavy atom. The third kappa shape index (κ3) is 3.88. The van der Waals surface area contributed by atoms with Crippen LogP contribution < -0.4 is 0 Å². The summed E-state index contributed by atoms with van der Waals surface area (Å²) < 4.78 is 39.2. The number of carbonyl (C=O) groups is 1. The molecular weight excluding hydrogens is 363 g/mol. The molecule has 2 aromatic rings. The average molecular weight is 381 g/mol. The van der Waals surface area contributed by atoms with Crippen molar-refractivity contribution in [2.45, 2.75) is 28.3 Å². The highest BCUT2D eigenvalue weighted by Gasteiger charge is 2.58. The standard InChI is InChI=1S/C19H18F3NO2S/c20-19(21,22)18(25)11-12-23(13-18)17(24)16(14-7-3-1-4-8-14)26-15-9-5-2-6-10-15/h1-10,16,25H,11-13H2. The number of nitrogens with zero attached hydrogens (tertiary/aromatic N) is 1. The van der Waals surface area contributed by atoms with Gasteiger partial charge in [-0.15, -0.1) is 11.8 Å². The first-order valence-electron chi connectivity index (χ1n) is 8.15. The first-order chi connectivity index (χ1) is 12.3. The van der Waals surface area contributed by atoms with Crippen LogP contribution in [0.15, 0.2) is 65.6 Å². The minimum Gasteiger partial charge on any atom is -0.379 e. The summed E-state index contributed by atoms with van der Waals surface area (Å²) in [5, 5.41) is 9.19. The molecule has 2 unspecified atom stereocenters. The zero-order valence-electron chi connectivity index (χ0n) is 13.8. The lowest BCUT2D eigenvalue weighted by molar-refractivity contribution is -0.253. The van der Waals surface area contributed by atoms with Gasteiger partial charge >= 0.3 is 6.18 Å². The van der Waals surface area contributed by atoms with Gasteiger partial charge in [-0.2, -0.15) is 13.2 Å². The highest BCUT2D eigenvalue weighted by atomic mass is 32.2. The predicted molar refractivity (Wildman–Crippen MR) is 93.7 cm³/mol. The molecule has 0 bridgehead atoms. The van der Waals surface area contributed by atoms with Crippen molar-refractivity contribution >= 4 is 17.7 Å². The molecule has 138 valence electrons. The zero-order valence-corrected chi connectivity index (χ0v) is 14.6. The van der Waals surface area contributed by atoms with E-state index in [1.807, 2.05) is 36.4 Å². The molecule has 2 atom stereocenters. The van der Waals surface area contributed by atoms with Crippen LogP contribution in [0.4, 0.5) is 13.2 Å². The minimum absolute atomic E-state index is 0.118. The molecule has 7 heteroatoms. The van der Waals surface area contributed by atoms with E-state index in [9.17, 15) is 23.1 Å². The summed E-state index contributed by atoms with van der Waals surface area (Å²) >= 11 is 1.29. The molecule has 1 heterocycles. The number of carbonyl (C=O) groups excluding carboxylic acids is 1. The number of hydrogen-bond donors (Lipinski definition) is 1. The average Bonchev–Trinajstić information content (AvgIpc) is 3.04. The first-order valence-corrected chi connectivity index (χ1v) is 9.03. The number of likely N-dealkylation sites (tertiary alicyclic amines) is 1. The fourth-order valence-electron chi connectivity index (χ4n) is 2.90. The van der Waals surface area contributed by atoms with Gasteiger partial charge in [0.2, 0.25) is 5.91 Å². The topological polar surface area (TPSA) is 40.5 Å². The van der Waals surface area contributed by atoms with E-state index in [1.54, 1.807) is 24.3 Å². The molecule has 3 rings (SSSR count). The van der Waals surface area contributed by atoms with Crippen molar-refractivity contribution in [1.29, 1.82) is 0 Å². The molecule has 1 saturated heterocycles. The van der Waals surface area contributed by atoms with Crippen molar-refractivity contribution < 1.29 is 23.1 Å². The van der Waals surface area contributed by atoms with Gasteiger partial charge in [-0.3, -0.25) is 4.79 Å². The molecule has 0 spiro atoms. The van der Waals surface area contributed by atoms with Crippen molar-refractivity contribution in [3.05, 3.63) is 66.2 Å². The third-order valence-electron chi connectivity index (χ3n) is 4.41. The summed E-state index contributed by atoms with van der Waals surface area (Å²) in [7, 11) is 0. The lowest BCUT2D eigenvalue weighted by Crippen LogP contribution is -2.48. The van der Waals surface area contributed by atoms with Crippen LogP contribution in [0.25, 0.3) is 0 Å². The fourth-order valence-corrected chi connectivity index (χ4v) is 4.03. The Hall–Kier alpha value is -1.99. The summed E-state index contributed by atoms with van der Waals surface area (Å²) in [6, 6.07) is 18.2. The van der Waals surface area contributed by atoms with Crippen LogP contribution in [0.5, 0.6) is 0 Å². The quantitative estimate of drug-likeness (QED) is 0.813. The second-order valence-electron chi connectivity index (χ2n) is 6.26. The summed E-state index contributed by atoms with van der Waals surface area (Å²) in [5.74, 6) is -0.426. The first kappa shape index (κ1) is 18.8. The molecule has 1 aliphatic rings. The molecule has 0 saturated carbocycles. The minimum atomic E-state index is -4.75. The smallest absolute Gasteiger partial charge is 0.379 e. The Morgan fingerprint density at radius 1 is 1.08 bits per heavy atom. The molecule has 0 radical (unpaired) electrons. The number of rotatable bonds is 4. The second-order valence-corrected chi connectivity index (χ2v) is 7.44. The lowest BCUT2D eigenvalue weighted by Gasteiger charge is -2.27. The van der Waals surface area contributed by atoms with Crippen LogP contribution in [0.1, 0.15) is 17.2 Å². The van der Waals surface area contributed by atoms with E-state index in [2.05, 4.69) is 0 Å². The van der Waals surface area contributed by atoms with Gasteiger partial charge in [0.05, 0.1) is 6.54 Å². The second kappa shape index (κ2) is 7.32. The molecule has 1 N–H and O–H groups in total. The summed E-state index contributed by atoms with van der Waals surface area (Å²) in [4.78, 5) is 15.0. The van der Waals surface area contributed by atoms with E-state index < -0.39 is 35.9 Å². The molecule has 2 aromatic carbocycles. The number of benzene rings is 2. The van der Waals surface area contributed by atoms with Crippen molar-refractivity contribution in [2.75, 3.05) is 13.1 Å². The van der Waals surface area contributed by atoms with Gasteiger partial charge in [0.25, 0.3) is 0 Å². The zero-order chi connectivity index (χ0) is 18.8. The Kier molecular flexibility index (Phi) is 5.29. The Labute approximate surface area is 153 Å². The number of aliphatic hydroxyl groups is 1. The van der Waals surface area contributed by atoms with Gasteiger partial charge in [-0.1, -0.05) is 48.5 Å². The largest absolute Gasteiger partial charge is 0.419 e. The predicted octanol–water partition coefficient (Wildman–Crippen LogP) is 4.05. The van der Waals surface area contributed by atoms with Crippen molar-refractivity contribution in [2.24, 2.45) is 0 Å². The van der Waals surface area contributed by atoms with Crippen LogP contribution >= 0.6 is 11.8 Å². The molecule has 1 amide bonds. The van der Waals surface area contributed by atoms with Gasteiger partial charge in [0, 0.05) is 17.9 Å². The van der Waals surface area contributed by atoms with E-state index in [0.29, 0.717) is 5.56 Å². The number of halogens is 3. The number of hydrogen-bond acceptors (Lipinski definition) is 3. The molecule has 0 aromatic heterocycles. The maximum Gasteiger partial charge on any atom is 0.419 e. The number of amides is 1. The van der Waals surface area contributed by atoms with Crippen LogP contribution in [0.2, 0.25) is 0 Å². The molecular formula is C19H18F3NO2S. The summed E-state index contributed by atoms with van der Waals surface area (Å²) in [6.45, 7) is -0.846. The fraction of sp³-hybridized carbons (Fsp3) is 0.316. The lowest BCUT2D eigenvalue weighted by atomic mass is 10.0. The van der Waals surface area contributed by atoms with Crippen LogP contribution in [-0.4, -0.2) is 40.8 Å². The van der Waals surface area contributed by atoms with Gasteiger partial charge in [0.15, 0.2) is 5.60 Å². The van der Waals surface area contributed by atoms with E-state index in [-0.39, 0.29) is 6.54 Å². The van der Waals surface area contributed by atoms with Crippen LogP contribution in [-0.2, 0) is 4.79 Å². The van der Waals surface area contributed by atoms with E-state index in [1.165, 1.54) is 11.8 Å². The Bertz CT molecular complexity index is 754.